The van der Waals surface area contributed by atoms with Crippen molar-refractivity contribution in [1.29, 1.82) is 0 Å². The molecule has 0 radical (unpaired) electrons. The summed E-state index contributed by atoms with van der Waals surface area (Å²) in [6.07, 6.45) is -1.72. The molecule has 0 unspecified atom stereocenters. The molecule has 0 bridgehead atoms. The van der Waals surface area contributed by atoms with E-state index in [-0.39, 0.29) is 24.8 Å². The van der Waals surface area contributed by atoms with Crippen molar-refractivity contribution in [2.24, 2.45) is 5.11 Å². The molecule has 9 nitrogen and oxygen atoms in total. The Morgan fingerprint density at radius 1 is 1.79 bits per heavy atom. The number of hydrogen-bond donors (Lipinski definition) is 2. The van der Waals surface area contributed by atoms with Crippen LogP contribution >= 0.6 is 0 Å². The summed E-state index contributed by atoms with van der Waals surface area (Å²) in [5.41, 5.74) is 7.14. The van der Waals surface area contributed by atoms with Gasteiger partial charge in [0.05, 0.1) is 20.1 Å². The minimum Gasteiger partial charge on any atom is -0.394 e. The predicted molar refractivity (Wildman–Crippen MR) is 64.6 cm³/mol. The molecule has 3 atom stereocenters. The van der Waals surface area contributed by atoms with Crippen LogP contribution in [-0.4, -0.2) is 33.4 Å². The van der Waals surface area contributed by atoms with Crippen molar-refractivity contribution in [3.8, 4) is 0 Å². The van der Waals surface area contributed by atoms with Gasteiger partial charge in [-0.2, -0.15) is 0 Å². The number of azide groups is 1. The van der Waals surface area contributed by atoms with Crippen LogP contribution in [0.25, 0.3) is 10.4 Å². The number of H-pyrrole nitrogens is 1. The van der Waals surface area contributed by atoms with Crippen molar-refractivity contribution in [3.05, 3.63) is 43.0 Å². The summed E-state index contributed by atoms with van der Waals surface area (Å²) in [4.78, 5) is 27.9. The number of aromatic amines is 1. The highest BCUT2D eigenvalue weighted by molar-refractivity contribution is 5.02. The van der Waals surface area contributed by atoms with Crippen LogP contribution in [0.5, 0.6) is 0 Å². The van der Waals surface area contributed by atoms with Gasteiger partial charge in [-0.1, -0.05) is 5.11 Å². The fourth-order valence-electron chi connectivity index (χ4n) is 1.96. The zero-order chi connectivity index (χ0) is 14.9. The second-order valence-corrected chi connectivity index (χ2v) is 4.19. The lowest BCUT2D eigenvalue weighted by molar-refractivity contribution is -0.0271. The molecule has 1 aromatic heterocycles. The molecule has 0 aromatic carbocycles. The molecular formula is C10H13N5O4. The van der Waals surface area contributed by atoms with E-state index in [1.807, 2.05) is 0 Å². The molecule has 0 aliphatic carbocycles. The lowest BCUT2D eigenvalue weighted by Gasteiger charge is -2.14. The van der Waals surface area contributed by atoms with E-state index in [1.165, 1.54) is 6.92 Å². The minimum atomic E-state index is -0.863. The Morgan fingerprint density at radius 2 is 2.53 bits per heavy atom. The van der Waals surface area contributed by atoms with Crippen LogP contribution in [0.3, 0.4) is 0 Å². The highest BCUT2D eigenvalue weighted by Gasteiger charge is 2.35. The molecule has 9 heteroatoms. The van der Waals surface area contributed by atoms with Gasteiger partial charge in [0.2, 0.25) is 0 Å². The maximum atomic E-state index is 11.8. The summed E-state index contributed by atoms with van der Waals surface area (Å²) in [6.45, 7) is 1.05. The first-order valence-electron chi connectivity index (χ1n) is 6.12. The first kappa shape index (κ1) is 12.0. The van der Waals surface area contributed by atoms with Gasteiger partial charge >= 0.3 is 5.69 Å². The van der Waals surface area contributed by atoms with Gasteiger partial charge in [0, 0.05) is 23.1 Å². The fraction of sp³-hybridized carbons (Fsp3) is 0.600. The third-order valence-corrected chi connectivity index (χ3v) is 2.94. The molecule has 2 rings (SSSR count). The Hall–Kier alpha value is -2.09. The first-order chi connectivity index (χ1) is 9.49. The molecule has 1 saturated heterocycles. The minimum absolute atomic E-state index is 0.0842. The fourth-order valence-corrected chi connectivity index (χ4v) is 1.96. The first-order valence-corrected chi connectivity index (χ1v) is 5.62. The summed E-state index contributed by atoms with van der Waals surface area (Å²) in [5, 5.41) is 12.7. The number of ether oxygens (including phenoxy) is 1. The number of nitrogens with one attached hydrogen (secondary N) is 1. The van der Waals surface area contributed by atoms with Crippen LogP contribution in [0, 0.1) is 6.92 Å². The Balaban J connectivity index is 2.44. The molecule has 0 amide bonds. The van der Waals surface area contributed by atoms with Gasteiger partial charge in [0.15, 0.2) is 0 Å². The Morgan fingerprint density at radius 3 is 3.16 bits per heavy atom. The maximum absolute atomic E-state index is 11.8. The summed E-state index contributed by atoms with van der Waals surface area (Å²) in [7, 11) is 0. The van der Waals surface area contributed by atoms with E-state index < -0.39 is 29.6 Å². The van der Waals surface area contributed by atoms with E-state index in [0.717, 1.165) is 4.57 Å². The molecule has 1 aliphatic rings. The number of aromatic nitrogens is 2. The molecule has 1 fully saturated rings. The lowest BCUT2D eigenvalue weighted by atomic mass is 10.1. The topological polar surface area (TPSA) is 133 Å². The van der Waals surface area contributed by atoms with E-state index in [1.54, 1.807) is 0 Å². The van der Waals surface area contributed by atoms with Crippen LogP contribution in [0.2, 0.25) is 0 Å². The van der Waals surface area contributed by atoms with Crippen LogP contribution < -0.4 is 11.2 Å². The van der Waals surface area contributed by atoms with Crippen LogP contribution in [-0.2, 0) is 4.74 Å². The SMILES string of the molecule is [3H]c1c(C)c(=O)[nH]c(=O)n1[C@H]1C[C@H](N=[N+]=[N-])[C@@H](CO)O1. The number of aliphatic hydroxyl groups is 1. The molecule has 0 saturated carbocycles. The zero-order valence-corrected chi connectivity index (χ0v) is 10.1. The molecule has 1 aromatic rings. The monoisotopic (exact) mass is 269 g/mol. The standard InChI is InChI=1S/C10H13N5O4/c1-5-3-15(10(18)12-9(5)17)8-2-6(13-14-11)7(4-16)19-8/h3,6-8,16H,2,4H2,1H3,(H,12,17,18)/t6-,7+,8+/m0/s1/i3T. The van der Waals surface area contributed by atoms with Gasteiger partial charge in [0.1, 0.15) is 6.23 Å². The summed E-state index contributed by atoms with van der Waals surface area (Å²) in [5.74, 6) is 0. The zero-order valence-electron chi connectivity index (χ0n) is 11.1. The van der Waals surface area contributed by atoms with E-state index in [0.29, 0.717) is 0 Å². The van der Waals surface area contributed by atoms with Gasteiger partial charge < -0.3 is 9.84 Å². The maximum Gasteiger partial charge on any atom is 0.330 e. The van der Waals surface area contributed by atoms with E-state index in [4.69, 9.17) is 16.7 Å². The second-order valence-electron chi connectivity index (χ2n) is 4.19. The third kappa shape index (κ3) is 2.53. The van der Waals surface area contributed by atoms with Crippen molar-refractivity contribution >= 4 is 0 Å². The quantitative estimate of drug-likeness (QED) is 0.446. The third-order valence-electron chi connectivity index (χ3n) is 2.94. The van der Waals surface area contributed by atoms with E-state index in [2.05, 4.69) is 15.0 Å². The summed E-state index contributed by atoms with van der Waals surface area (Å²) >= 11 is 0. The Kier molecular flexibility index (Phi) is 3.32. The molecule has 19 heavy (non-hydrogen) atoms. The molecule has 102 valence electrons. The van der Waals surface area contributed by atoms with Gasteiger partial charge in [-0.05, 0) is 12.5 Å². The predicted octanol–water partition coefficient (Wildman–Crippen LogP) is -0.196. The van der Waals surface area contributed by atoms with E-state index in [9.17, 15) is 9.59 Å². The van der Waals surface area contributed by atoms with Crippen molar-refractivity contribution in [2.45, 2.75) is 31.7 Å². The highest BCUT2D eigenvalue weighted by Crippen LogP contribution is 2.29. The van der Waals surface area contributed by atoms with Gasteiger partial charge in [-0.15, -0.1) is 0 Å². The summed E-state index contributed by atoms with van der Waals surface area (Å²) < 4.78 is 14.2. The van der Waals surface area contributed by atoms with Crippen molar-refractivity contribution < 1.29 is 11.2 Å². The molecule has 1 aliphatic heterocycles. The van der Waals surface area contributed by atoms with Crippen LogP contribution in [0.1, 0.15) is 19.6 Å². The van der Waals surface area contributed by atoms with Gasteiger partial charge in [-0.25, -0.2) is 4.79 Å². The van der Waals surface area contributed by atoms with Crippen molar-refractivity contribution in [1.82, 2.24) is 9.55 Å². The van der Waals surface area contributed by atoms with Crippen LogP contribution in [0.4, 0.5) is 0 Å². The highest BCUT2D eigenvalue weighted by atomic mass is 16.5. The van der Waals surface area contributed by atoms with E-state index >= 15 is 0 Å². The average Bonchev–Trinajstić information content (AvgIpc) is 2.79. The Bertz CT molecular complexity index is 677. The normalized spacial score (nSPS) is 26.8. The molecule has 2 N–H and O–H groups in total. The number of rotatable bonds is 3. The van der Waals surface area contributed by atoms with Gasteiger partial charge in [-0.3, -0.25) is 14.3 Å². The second kappa shape index (κ2) is 5.27. The molecule has 2 heterocycles. The van der Waals surface area contributed by atoms with Crippen LogP contribution in [0.15, 0.2) is 20.9 Å². The smallest absolute Gasteiger partial charge is 0.330 e. The lowest BCUT2D eigenvalue weighted by Crippen LogP contribution is -2.33. The molecule has 0 spiro atoms. The average molecular weight is 269 g/mol. The Labute approximate surface area is 108 Å². The summed E-state index contributed by atoms with van der Waals surface area (Å²) in [6, 6.07) is -0.631. The van der Waals surface area contributed by atoms with Gasteiger partial charge in [0.25, 0.3) is 5.56 Å². The molecular weight excluding hydrogens is 254 g/mol. The number of hydrogen-bond acceptors (Lipinski definition) is 5. The van der Waals surface area contributed by atoms with Crippen molar-refractivity contribution in [3.63, 3.8) is 0 Å². The van der Waals surface area contributed by atoms with Crippen molar-refractivity contribution in [2.75, 3.05) is 6.61 Å². The number of aliphatic hydroxyl groups excluding tert-OH is 1. The number of nitrogens with zero attached hydrogens (tertiary/aromatic N) is 4. The largest absolute Gasteiger partial charge is 0.394 e.